The summed E-state index contributed by atoms with van der Waals surface area (Å²) in [5, 5.41) is 0. The van der Waals surface area contributed by atoms with E-state index in [-0.39, 0.29) is 42.0 Å². The number of ether oxygens (including phenoxy) is 3. The molecule has 0 aromatic heterocycles. The predicted octanol–water partition coefficient (Wildman–Crippen LogP) is 5.85. The molecule has 0 unspecified atom stereocenters. The number of esters is 2. The van der Waals surface area contributed by atoms with Gasteiger partial charge in [-0.2, -0.15) is 13.2 Å². The third-order valence-corrected chi connectivity index (χ3v) is 6.22. The Morgan fingerprint density at radius 3 is 2.39 bits per heavy atom. The zero-order valence-electron chi connectivity index (χ0n) is 21.9. The van der Waals surface area contributed by atoms with Crippen molar-refractivity contribution in [2.45, 2.75) is 65.8 Å². The number of para-hydroxylation sites is 1. The molecule has 1 heterocycles. The van der Waals surface area contributed by atoms with Gasteiger partial charge in [-0.15, -0.1) is 0 Å². The molecule has 0 aliphatic carbocycles. The number of anilines is 1. The number of fused-ring (bicyclic) bond motifs is 1. The average Bonchev–Trinajstić information content (AvgIpc) is 3.24. The van der Waals surface area contributed by atoms with Crippen molar-refractivity contribution >= 4 is 23.5 Å². The number of amides is 1. The second-order valence-electron chi connectivity index (χ2n) is 9.22. The van der Waals surface area contributed by atoms with Crippen LogP contribution >= 0.6 is 0 Å². The molecule has 0 N–H and O–H groups in total. The van der Waals surface area contributed by atoms with Crippen LogP contribution in [0.4, 0.5) is 18.9 Å². The van der Waals surface area contributed by atoms with E-state index in [1.165, 1.54) is 21.0 Å². The highest BCUT2D eigenvalue weighted by atomic mass is 19.4. The Morgan fingerprint density at radius 2 is 1.82 bits per heavy atom. The summed E-state index contributed by atoms with van der Waals surface area (Å²) in [6.07, 6.45) is -2.96. The molecule has 0 fully saturated rings. The fourth-order valence-electron chi connectivity index (χ4n) is 4.37. The lowest BCUT2D eigenvalue weighted by molar-refractivity contribution is -0.170. The van der Waals surface area contributed by atoms with Gasteiger partial charge in [0.1, 0.15) is 18.1 Å². The first-order valence-electron chi connectivity index (χ1n) is 12.1. The van der Waals surface area contributed by atoms with Crippen LogP contribution in [0, 0.1) is 6.92 Å². The second kappa shape index (κ2) is 11.7. The summed E-state index contributed by atoms with van der Waals surface area (Å²) in [5.41, 5.74) is 1.71. The third kappa shape index (κ3) is 6.17. The quantitative estimate of drug-likeness (QED) is 0.228. The smallest absolute Gasteiger partial charge is 0.471 e. The number of cyclic esters (lactones) is 1. The zero-order valence-corrected chi connectivity index (χ0v) is 21.9. The molecule has 1 aliphatic rings. The molecule has 0 saturated carbocycles. The van der Waals surface area contributed by atoms with E-state index in [2.05, 4.69) is 0 Å². The van der Waals surface area contributed by atoms with Crippen LogP contribution in [0.15, 0.2) is 42.0 Å². The summed E-state index contributed by atoms with van der Waals surface area (Å²) in [6.45, 7) is 6.21. The maximum atomic E-state index is 13.6. The fourth-order valence-corrected chi connectivity index (χ4v) is 4.37. The van der Waals surface area contributed by atoms with Crippen LogP contribution in [0.2, 0.25) is 0 Å². The van der Waals surface area contributed by atoms with E-state index in [1.807, 2.05) is 0 Å². The molecule has 0 bridgehead atoms. The van der Waals surface area contributed by atoms with E-state index in [1.54, 1.807) is 50.3 Å². The highest BCUT2D eigenvalue weighted by Crippen LogP contribution is 2.44. The molecule has 204 valence electrons. The summed E-state index contributed by atoms with van der Waals surface area (Å²) >= 11 is 0. The number of benzene rings is 2. The Kier molecular flexibility index (Phi) is 8.85. The Labute approximate surface area is 219 Å². The van der Waals surface area contributed by atoms with Gasteiger partial charge in [0.05, 0.1) is 18.4 Å². The van der Waals surface area contributed by atoms with Gasteiger partial charge < -0.3 is 19.1 Å². The molecule has 1 aliphatic heterocycles. The lowest BCUT2D eigenvalue weighted by atomic mass is 9.92. The number of hydrogen-bond donors (Lipinski definition) is 0. The van der Waals surface area contributed by atoms with Gasteiger partial charge in [-0.25, -0.2) is 4.79 Å². The number of nitrogens with zero attached hydrogens (tertiary/aromatic N) is 1. The molecule has 2 aromatic rings. The molecule has 1 amide bonds. The Balaban J connectivity index is 1.99. The van der Waals surface area contributed by atoms with Crippen molar-refractivity contribution in [2.24, 2.45) is 0 Å². The fraction of sp³-hybridized carbons (Fsp3) is 0.393. The minimum absolute atomic E-state index is 0.0494. The first kappa shape index (κ1) is 28.7. The van der Waals surface area contributed by atoms with Crippen molar-refractivity contribution in [3.05, 3.63) is 64.2 Å². The van der Waals surface area contributed by atoms with Gasteiger partial charge in [0, 0.05) is 23.6 Å². The van der Waals surface area contributed by atoms with Crippen LogP contribution in [-0.4, -0.2) is 37.2 Å². The Bertz CT molecular complexity index is 1250. The van der Waals surface area contributed by atoms with E-state index in [0.717, 1.165) is 5.57 Å². The van der Waals surface area contributed by atoms with E-state index in [0.29, 0.717) is 28.2 Å². The van der Waals surface area contributed by atoms with Crippen molar-refractivity contribution in [3.8, 4) is 11.5 Å². The van der Waals surface area contributed by atoms with E-state index >= 15 is 0 Å². The summed E-state index contributed by atoms with van der Waals surface area (Å²) in [5.74, 6) is -2.62. The summed E-state index contributed by atoms with van der Waals surface area (Å²) in [7, 11) is 1.38. The van der Waals surface area contributed by atoms with Crippen LogP contribution in [0.5, 0.6) is 11.5 Å². The molecule has 0 saturated heterocycles. The van der Waals surface area contributed by atoms with Crippen molar-refractivity contribution < 1.29 is 41.8 Å². The number of alkyl halides is 3. The summed E-state index contributed by atoms with van der Waals surface area (Å²) in [4.78, 5) is 38.1. The molecule has 3 rings (SSSR count). The van der Waals surface area contributed by atoms with Crippen LogP contribution in [0.1, 0.15) is 60.7 Å². The topological polar surface area (TPSA) is 82.1 Å². The first-order valence-corrected chi connectivity index (χ1v) is 12.1. The molecule has 38 heavy (non-hydrogen) atoms. The first-order chi connectivity index (χ1) is 17.9. The molecule has 7 nitrogen and oxygen atoms in total. The van der Waals surface area contributed by atoms with Crippen molar-refractivity contribution in [2.75, 3.05) is 12.0 Å². The van der Waals surface area contributed by atoms with Crippen molar-refractivity contribution in [3.63, 3.8) is 0 Å². The lowest BCUT2D eigenvalue weighted by Crippen LogP contribution is -2.46. The number of halogens is 3. The van der Waals surface area contributed by atoms with Crippen LogP contribution in [0.25, 0.3) is 0 Å². The van der Waals surface area contributed by atoms with Gasteiger partial charge in [0.25, 0.3) is 0 Å². The van der Waals surface area contributed by atoms with E-state index < -0.39 is 30.1 Å². The van der Waals surface area contributed by atoms with E-state index in [9.17, 15) is 27.6 Å². The monoisotopic (exact) mass is 533 g/mol. The normalized spacial score (nSPS) is 13.3. The van der Waals surface area contributed by atoms with Gasteiger partial charge >= 0.3 is 24.0 Å². The highest BCUT2D eigenvalue weighted by Gasteiger charge is 2.47. The standard InChI is InChI=1S/C28H30F3NO6/c1-16(2)32(27(35)28(29,30)31)24-20(25(36-5)18(4)21-15-37-26(34)23(21)24)13-11-17(3)12-14-22(33)38-19-9-7-6-8-10-19/h6-11,16H,12-15H2,1-5H3/b17-11+. The summed E-state index contributed by atoms with van der Waals surface area (Å²) in [6, 6.07) is 7.70. The minimum Gasteiger partial charge on any atom is -0.496 e. The van der Waals surface area contributed by atoms with E-state index in [4.69, 9.17) is 14.2 Å². The van der Waals surface area contributed by atoms with Gasteiger partial charge in [-0.05, 0) is 58.2 Å². The highest BCUT2D eigenvalue weighted by molar-refractivity contribution is 6.08. The maximum Gasteiger partial charge on any atom is 0.471 e. The predicted molar refractivity (Wildman–Crippen MR) is 134 cm³/mol. The molecular formula is C28H30F3NO6. The average molecular weight is 534 g/mol. The molecular weight excluding hydrogens is 503 g/mol. The SMILES string of the molecule is COc1c(C)c2c(c(N(C(=O)C(F)(F)F)C(C)C)c1C/C=C(\C)CCC(=O)Oc1ccccc1)C(=O)OC2. The van der Waals surface area contributed by atoms with Crippen molar-refractivity contribution in [1.29, 1.82) is 0 Å². The second-order valence-corrected chi connectivity index (χ2v) is 9.22. The minimum atomic E-state index is -5.17. The Hall–Kier alpha value is -3.82. The van der Waals surface area contributed by atoms with Crippen LogP contribution < -0.4 is 14.4 Å². The molecule has 0 spiro atoms. The molecule has 0 atom stereocenters. The number of hydrogen-bond acceptors (Lipinski definition) is 6. The van der Waals surface area contributed by atoms with Gasteiger partial charge in [0.2, 0.25) is 0 Å². The van der Waals surface area contributed by atoms with Crippen molar-refractivity contribution in [1.82, 2.24) is 0 Å². The number of rotatable bonds is 9. The molecule has 2 aromatic carbocycles. The largest absolute Gasteiger partial charge is 0.496 e. The number of carbonyl (C=O) groups excluding carboxylic acids is 3. The number of carbonyl (C=O) groups is 3. The molecule has 10 heteroatoms. The third-order valence-electron chi connectivity index (χ3n) is 6.22. The van der Waals surface area contributed by atoms with Crippen LogP contribution in [-0.2, 0) is 27.4 Å². The molecule has 0 radical (unpaired) electrons. The lowest BCUT2D eigenvalue weighted by Gasteiger charge is -2.32. The number of allylic oxidation sites excluding steroid dienone is 2. The van der Waals surface area contributed by atoms with Crippen LogP contribution in [0.3, 0.4) is 0 Å². The maximum absolute atomic E-state index is 13.6. The van der Waals surface area contributed by atoms with Gasteiger partial charge in [-0.3, -0.25) is 9.59 Å². The Morgan fingerprint density at radius 1 is 1.16 bits per heavy atom. The number of methoxy groups -OCH3 is 1. The zero-order chi connectivity index (χ0) is 28.2. The van der Waals surface area contributed by atoms with Gasteiger partial charge in [-0.1, -0.05) is 29.8 Å². The van der Waals surface area contributed by atoms with Gasteiger partial charge in [0.15, 0.2) is 0 Å². The summed E-state index contributed by atoms with van der Waals surface area (Å²) < 4.78 is 56.9.